The fraction of sp³-hybridized carbons (Fsp3) is 0.308. The second kappa shape index (κ2) is 5.61. The summed E-state index contributed by atoms with van der Waals surface area (Å²) in [5.41, 5.74) is 7.67. The average molecular weight is 371 g/mol. The van der Waals surface area contributed by atoms with Gasteiger partial charge in [-0.25, -0.2) is 0 Å². The van der Waals surface area contributed by atoms with Crippen molar-refractivity contribution in [2.24, 2.45) is 12.8 Å². The van der Waals surface area contributed by atoms with Crippen molar-refractivity contribution >= 4 is 44.1 Å². The predicted octanol–water partition coefficient (Wildman–Crippen LogP) is 2.52. The summed E-state index contributed by atoms with van der Waals surface area (Å²) >= 11 is 4.68. The lowest BCUT2D eigenvalue weighted by atomic mass is 10.1. The quantitative estimate of drug-likeness (QED) is 0.869. The summed E-state index contributed by atoms with van der Waals surface area (Å²) < 4.78 is 2.12. The standard InChI is InChI=1S/C13H15BrN4O2S/c1-5-7(3)21-13(8(5)11(15)19)16-12(20)10-9(14)6(2)17-18(10)4/h1-4H3,(H2,15,19)(H,16,20). The third-order valence-corrected chi connectivity index (χ3v) is 5.30. The first-order valence-electron chi connectivity index (χ1n) is 6.14. The van der Waals surface area contributed by atoms with Crippen LogP contribution in [0.2, 0.25) is 0 Å². The molecular formula is C13H15BrN4O2S. The third-order valence-electron chi connectivity index (χ3n) is 3.22. The lowest BCUT2D eigenvalue weighted by Crippen LogP contribution is -2.19. The number of amides is 2. The number of nitrogens with one attached hydrogen (secondary N) is 1. The number of primary amides is 1. The minimum atomic E-state index is -0.549. The van der Waals surface area contributed by atoms with E-state index in [-0.39, 0.29) is 5.91 Å². The van der Waals surface area contributed by atoms with Gasteiger partial charge in [0, 0.05) is 11.9 Å². The number of aryl methyl sites for hydroxylation is 3. The summed E-state index contributed by atoms with van der Waals surface area (Å²) in [5.74, 6) is -0.888. The first kappa shape index (κ1) is 15.7. The number of rotatable bonds is 3. The smallest absolute Gasteiger partial charge is 0.275 e. The Labute approximate surface area is 134 Å². The first-order valence-corrected chi connectivity index (χ1v) is 7.75. The minimum absolute atomic E-state index is 0.339. The number of thiophene rings is 1. The number of hydrogen-bond donors (Lipinski definition) is 2. The van der Waals surface area contributed by atoms with Crippen LogP contribution in [0.3, 0.4) is 0 Å². The predicted molar refractivity (Wildman–Crippen MR) is 85.9 cm³/mol. The molecule has 6 nitrogen and oxygen atoms in total. The zero-order chi connectivity index (χ0) is 15.9. The van der Waals surface area contributed by atoms with Crippen LogP contribution in [0, 0.1) is 20.8 Å². The van der Waals surface area contributed by atoms with Gasteiger partial charge in [0.2, 0.25) is 0 Å². The molecule has 0 radical (unpaired) electrons. The molecule has 0 bridgehead atoms. The summed E-state index contributed by atoms with van der Waals surface area (Å²) in [6.45, 7) is 5.49. The average Bonchev–Trinajstić information content (AvgIpc) is 2.77. The van der Waals surface area contributed by atoms with Gasteiger partial charge in [-0.2, -0.15) is 5.10 Å². The molecule has 0 saturated heterocycles. The van der Waals surface area contributed by atoms with Crippen LogP contribution >= 0.6 is 27.3 Å². The molecule has 0 saturated carbocycles. The normalized spacial score (nSPS) is 10.7. The lowest BCUT2D eigenvalue weighted by molar-refractivity contribution is 0.100. The van der Waals surface area contributed by atoms with E-state index in [9.17, 15) is 9.59 Å². The van der Waals surface area contributed by atoms with Gasteiger partial charge in [0.25, 0.3) is 11.8 Å². The molecule has 3 N–H and O–H groups in total. The number of nitrogens with zero attached hydrogens (tertiary/aromatic N) is 2. The maximum atomic E-state index is 12.4. The molecule has 0 aliphatic rings. The molecule has 112 valence electrons. The number of nitrogens with two attached hydrogens (primary N) is 1. The molecule has 0 aliphatic carbocycles. The molecule has 8 heteroatoms. The Morgan fingerprint density at radius 1 is 1.33 bits per heavy atom. The van der Waals surface area contributed by atoms with Gasteiger partial charge in [-0.05, 0) is 42.3 Å². The van der Waals surface area contributed by atoms with Gasteiger partial charge >= 0.3 is 0 Å². The van der Waals surface area contributed by atoms with E-state index in [1.165, 1.54) is 16.0 Å². The van der Waals surface area contributed by atoms with Crippen LogP contribution in [0.1, 0.15) is 37.0 Å². The highest BCUT2D eigenvalue weighted by Gasteiger charge is 2.23. The molecule has 2 aromatic rings. The second-order valence-electron chi connectivity index (χ2n) is 4.68. The van der Waals surface area contributed by atoms with E-state index in [0.29, 0.717) is 20.7 Å². The van der Waals surface area contributed by atoms with Crippen molar-refractivity contribution in [2.45, 2.75) is 20.8 Å². The zero-order valence-corrected chi connectivity index (χ0v) is 14.5. The first-order chi connectivity index (χ1) is 9.73. The molecule has 21 heavy (non-hydrogen) atoms. The number of halogens is 1. The van der Waals surface area contributed by atoms with Crippen LogP contribution in [0.4, 0.5) is 5.00 Å². The van der Waals surface area contributed by atoms with Crippen molar-refractivity contribution in [2.75, 3.05) is 5.32 Å². The van der Waals surface area contributed by atoms with E-state index in [2.05, 4.69) is 26.3 Å². The SMILES string of the molecule is Cc1nn(C)c(C(=O)Nc2sc(C)c(C)c2C(N)=O)c1Br. The second-order valence-corrected chi connectivity index (χ2v) is 6.70. The Morgan fingerprint density at radius 3 is 2.43 bits per heavy atom. The van der Waals surface area contributed by atoms with E-state index < -0.39 is 5.91 Å². The van der Waals surface area contributed by atoms with Crippen molar-refractivity contribution in [3.8, 4) is 0 Å². The molecule has 0 aromatic carbocycles. The van der Waals surface area contributed by atoms with Gasteiger partial charge in [0.15, 0.2) is 0 Å². The van der Waals surface area contributed by atoms with Gasteiger partial charge in [-0.1, -0.05) is 0 Å². The van der Waals surface area contributed by atoms with E-state index in [1.807, 2.05) is 13.8 Å². The van der Waals surface area contributed by atoms with Crippen LogP contribution in [0.15, 0.2) is 4.47 Å². The molecular weight excluding hydrogens is 356 g/mol. The van der Waals surface area contributed by atoms with Crippen molar-refractivity contribution < 1.29 is 9.59 Å². The molecule has 0 atom stereocenters. The highest BCUT2D eigenvalue weighted by Crippen LogP contribution is 2.33. The molecule has 2 aromatic heterocycles. The van der Waals surface area contributed by atoms with Crippen molar-refractivity contribution in [3.63, 3.8) is 0 Å². The molecule has 0 spiro atoms. The van der Waals surface area contributed by atoms with E-state index in [1.54, 1.807) is 14.0 Å². The van der Waals surface area contributed by atoms with Crippen LogP contribution in [-0.2, 0) is 7.05 Å². The summed E-state index contributed by atoms with van der Waals surface area (Å²) in [4.78, 5) is 24.9. The van der Waals surface area contributed by atoms with E-state index >= 15 is 0 Å². The third kappa shape index (κ3) is 2.73. The largest absolute Gasteiger partial charge is 0.365 e. The van der Waals surface area contributed by atoms with Gasteiger partial charge in [-0.15, -0.1) is 11.3 Å². The monoisotopic (exact) mass is 370 g/mol. The van der Waals surface area contributed by atoms with E-state index in [4.69, 9.17) is 5.73 Å². The van der Waals surface area contributed by atoms with Crippen LogP contribution in [-0.4, -0.2) is 21.6 Å². The Balaban J connectivity index is 2.41. The van der Waals surface area contributed by atoms with E-state index in [0.717, 1.165) is 16.1 Å². The van der Waals surface area contributed by atoms with Gasteiger partial charge < -0.3 is 11.1 Å². The summed E-state index contributed by atoms with van der Waals surface area (Å²) in [5, 5.41) is 7.39. The topological polar surface area (TPSA) is 90.0 Å². The van der Waals surface area contributed by atoms with Gasteiger partial charge in [0.05, 0.1) is 15.7 Å². The number of aromatic nitrogens is 2. The minimum Gasteiger partial charge on any atom is -0.365 e. The van der Waals surface area contributed by atoms with Crippen molar-refractivity contribution in [1.29, 1.82) is 0 Å². The summed E-state index contributed by atoms with van der Waals surface area (Å²) in [6, 6.07) is 0. The maximum Gasteiger partial charge on any atom is 0.275 e. The number of carbonyl (C=O) groups is 2. The fourth-order valence-corrected chi connectivity index (χ4v) is 3.63. The van der Waals surface area contributed by atoms with Crippen molar-refractivity contribution in [3.05, 3.63) is 31.9 Å². The number of anilines is 1. The molecule has 2 amide bonds. The zero-order valence-electron chi connectivity index (χ0n) is 12.1. The Bertz CT molecular complexity index is 748. The molecule has 0 aliphatic heterocycles. The summed E-state index contributed by atoms with van der Waals surface area (Å²) in [7, 11) is 1.69. The molecule has 0 unspecified atom stereocenters. The molecule has 2 heterocycles. The number of carbonyl (C=O) groups excluding carboxylic acids is 2. The summed E-state index contributed by atoms with van der Waals surface area (Å²) in [6.07, 6.45) is 0. The van der Waals surface area contributed by atoms with Gasteiger partial charge in [-0.3, -0.25) is 14.3 Å². The van der Waals surface area contributed by atoms with Crippen LogP contribution < -0.4 is 11.1 Å². The maximum absolute atomic E-state index is 12.4. The van der Waals surface area contributed by atoms with Crippen LogP contribution in [0.5, 0.6) is 0 Å². The molecule has 2 rings (SSSR count). The molecule has 0 fully saturated rings. The fourth-order valence-electron chi connectivity index (χ4n) is 2.05. The Kier molecular flexibility index (Phi) is 4.20. The Morgan fingerprint density at radius 2 is 1.95 bits per heavy atom. The number of hydrogen-bond acceptors (Lipinski definition) is 4. The highest BCUT2D eigenvalue weighted by atomic mass is 79.9. The van der Waals surface area contributed by atoms with Crippen LogP contribution in [0.25, 0.3) is 0 Å². The highest BCUT2D eigenvalue weighted by molar-refractivity contribution is 9.10. The van der Waals surface area contributed by atoms with Crippen molar-refractivity contribution in [1.82, 2.24) is 9.78 Å². The lowest BCUT2D eigenvalue weighted by Gasteiger charge is -2.06. The Hall–Kier alpha value is -1.67. The van der Waals surface area contributed by atoms with Gasteiger partial charge in [0.1, 0.15) is 10.7 Å².